The maximum absolute atomic E-state index is 13.5. The summed E-state index contributed by atoms with van der Waals surface area (Å²) in [7, 11) is 0. The summed E-state index contributed by atoms with van der Waals surface area (Å²) in [6.07, 6.45) is 15.0. The van der Waals surface area contributed by atoms with Gasteiger partial charge in [-0.15, -0.1) is 0 Å². The van der Waals surface area contributed by atoms with Gasteiger partial charge in [0.25, 0.3) is 5.91 Å². The van der Waals surface area contributed by atoms with Crippen molar-refractivity contribution in [1.82, 2.24) is 44.7 Å². The highest BCUT2D eigenvalue weighted by molar-refractivity contribution is 6.31. The van der Waals surface area contributed by atoms with Crippen LogP contribution in [0.5, 0.6) is 11.6 Å². The SMILES string of the molecule is CCc1cnn2c(NCc3ccc(OCCCN4CCN(CC5CCN(c6cnc(C(=O)NC7C(C)(C)C(Oc8ccc(C#N)c(Cl)c8)C7(C)C)cn6)CC5)CC4)nc3)cc(N3CCCC[C@@H]3CCO)nc12. The zero-order valence-corrected chi connectivity index (χ0v) is 43.5. The molecule has 0 unspecified atom stereocenters. The molecule has 4 fully saturated rings. The van der Waals surface area contributed by atoms with E-state index in [-0.39, 0.29) is 41.5 Å². The number of carbonyl (C=O) groups excluding carboxylic acids is 1. The Hall–Kier alpha value is -5.80. The van der Waals surface area contributed by atoms with E-state index in [1.165, 1.54) is 6.42 Å². The Morgan fingerprint density at radius 2 is 1.69 bits per heavy atom. The lowest BCUT2D eigenvalue weighted by atomic mass is 9.49. The number of aliphatic hydroxyl groups excluding tert-OH is 1. The number of nitriles is 1. The lowest BCUT2D eigenvalue weighted by Crippen LogP contribution is -2.74. The number of pyridine rings is 1. The van der Waals surface area contributed by atoms with Crippen LogP contribution >= 0.6 is 11.6 Å². The number of amides is 1. The van der Waals surface area contributed by atoms with Crippen LogP contribution in [0.4, 0.5) is 17.5 Å². The highest BCUT2D eigenvalue weighted by Crippen LogP contribution is 2.55. The minimum absolute atomic E-state index is 0.167. The highest BCUT2D eigenvalue weighted by atomic mass is 35.5. The molecule has 4 aromatic heterocycles. The van der Waals surface area contributed by atoms with Crippen molar-refractivity contribution in [2.75, 3.05) is 87.2 Å². The minimum Gasteiger partial charge on any atom is -0.489 e. The molecule has 0 bridgehead atoms. The Kier molecular flexibility index (Phi) is 16.0. The maximum Gasteiger partial charge on any atom is 0.271 e. The number of ether oxygens (including phenoxy) is 2. The van der Waals surface area contributed by atoms with Crippen LogP contribution in [0.2, 0.25) is 5.02 Å². The number of piperidine rings is 2. The summed E-state index contributed by atoms with van der Waals surface area (Å²) in [5.41, 5.74) is 2.98. The molecule has 0 spiro atoms. The van der Waals surface area contributed by atoms with E-state index in [1.807, 2.05) is 23.0 Å². The second-order valence-electron chi connectivity index (χ2n) is 21.3. The van der Waals surface area contributed by atoms with Gasteiger partial charge in [-0.1, -0.05) is 52.3 Å². The summed E-state index contributed by atoms with van der Waals surface area (Å²) in [6.45, 7) is 21.1. The molecule has 0 radical (unpaired) electrons. The molecular weight excluding hydrogens is 930 g/mol. The van der Waals surface area contributed by atoms with Gasteiger partial charge in [-0.05, 0) is 75.0 Å². The van der Waals surface area contributed by atoms with Crippen molar-refractivity contribution in [3.63, 3.8) is 0 Å². The molecule has 3 N–H and O–H groups in total. The molecule has 4 aliphatic rings. The second-order valence-corrected chi connectivity index (χ2v) is 21.7. The number of nitrogens with zero attached hydrogens (tertiary/aromatic N) is 11. The first-order valence-corrected chi connectivity index (χ1v) is 26.5. The predicted molar refractivity (Wildman–Crippen MR) is 280 cm³/mol. The molecule has 5 aromatic rings. The molecule has 1 aromatic carbocycles. The highest BCUT2D eigenvalue weighted by Gasteiger charge is 2.64. The summed E-state index contributed by atoms with van der Waals surface area (Å²) in [4.78, 5) is 42.2. The van der Waals surface area contributed by atoms with Crippen LogP contribution in [0.1, 0.15) is 107 Å². The normalized spacial score (nSPS) is 21.5. The lowest BCUT2D eigenvalue weighted by molar-refractivity contribution is -0.164. The Labute approximate surface area is 429 Å². The third kappa shape index (κ3) is 11.4. The first-order chi connectivity index (χ1) is 34.8. The number of carbonyl (C=O) groups is 1. The van der Waals surface area contributed by atoms with Crippen LogP contribution in [0.25, 0.3) is 5.65 Å². The van der Waals surface area contributed by atoms with E-state index in [0.29, 0.717) is 47.0 Å². The Morgan fingerprint density at radius 1 is 0.903 bits per heavy atom. The van der Waals surface area contributed by atoms with Gasteiger partial charge in [0, 0.05) is 125 Å². The van der Waals surface area contributed by atoms with Crippen molar-refractivity contribution in [3.8, 4) is 17.7 Å². The predicted octanol–water partition coefficient (Wildman–Crippen LogP) is 7.27. The van der Waals surface area contributed by atoms with Crippen molar-refractivity contribution < 1.29 is 19.4 Å². The number of fused-ring (bicyclic) bond motifs is 1. The van der Waals surface area contributed by atoms with Crippen LogP contribution in [-0.2, 0) is 13.0 Å². The second kappa shape index (κ2) is 22.5. The average Bonchev–Trinajstić information content (AvgIpc) is 3.82. The van der Waals surface area contributed by atoms with Gasteiger partial charge < -0.3 is 44.8 Å². The quantitative estimate of drug-likeness (QED) is 0.0701. The van der Waals surface area contributed by atoms with Gasteiger partial charge in [0.15, 0.2) is 5.65 Å². The Morgan fingerprint density at radius 3 is 2.39 bits per heavy atom. The fraction of sp³-hybridized carbons (Fsp3) is 0.574. The molecule has 1 amide bonds. The summed E-state index contributed by atoms with van der Waals surface area (Å²) in [5, 5.41) is 30.8. The van der Waals surface area contributed by atoms with Crippen molar-refractivity contribution in [3.05, 3.63) is 88.6 Å². The fourth-order valence-corrected chi connectivity index (χ4v) is 12.0. The number of hydrogen-bond donors (Lipinski definition) is 3. The molecule has 3 saturated heterocycles. The molecule has 9 rings (SSSR count). The molecule has 1 aliphatic carbocycles. The van der Waals surface area contributed by atoms with Gasteiger partial charge in [-0.25, -0.2) is 19.9 Å². The maximum atomic E-state index is 13.5. The molecule has 384 valence electrons. The van der Waals surface area contributed by atoms with E-state index in [4.69, 9.17) is 26.1 Å². The Bertz CT molecular complexity index is 2640. The van der Waals surface area contributed by atoms with Crippen LogP contribution < -0.4 is 29.9 Å². The van der Waals surface area contributed by atoms with Gasteiger partial charge in [0.2, 0.25) is 5.88 Å². The van der Waals surface area contributed by atoms with E-state index >= 15 is 0 Å². The molecular formula is C54H72ClN13O4. The zero-order chi connectivity index (χ0) is 50.4. The number of aryl methyl sites for hydroxylation is 1. The Balaban J connectivity index is 0.658. The van der Waals surface area contributed by atoms with Gasteiger partial charge in [-0.3, -0.25) is 4.79 Å². The van der Waals surface area contributed by atoms with Gasteiger partial charge >= 0.3 is 0 Å². The standard InChI is InChI=1S/C54H72ClN13O4/c1-6-39-33-61-68-45(29-46(62-49(39)68)67-19-8-7-10-41(67)17-26-69)58-31-38-11-14-48(60-32-38)71-27-9-18-64-22-24-65(25-23-64)36-37-15-20-66(21-16-37)47-35-57-44(34-59-47)50(70)63-51-53(2,3)52(54(51,4)5)72-42-13-12-40(30-56)43(55)28-42/h11-14,28-29,32-35,37,41,51-52,58,69H,6-10,15-27,31,36H2,1-5H3,(H,63,70)/t41-,51?,52?/m1/s1. The minimum atomic E-state index is -0.377. The molecule has 7 heterocycles. The van der Waals surface area contributed by atoms with Gasteiger partial charge in [0.05, 0.1) is 35.8 Å². The number of hydrogen-bond acceptors (Lipinski definition) is 15. The van der Waals surface area contributed by atoms with E-state index in [0.717, 1.165) is 138 Å². The smallest absolute Gasteiger partial charge is 0.271 e. The molecule has 3 aliphatic heterocycles. The summed E-state index contributed by atoms with van der Waals surface area (Å²) in [5.74, 6) is 4.26. The number of aliphatic hydroxyl groups is 1. The number of rotatable bonds is 19. The largest absolute Gasteiger partial charge is 0.489 e. The molecule has 1 saturated carbocycles. The van der Waals surface area contributed by atoms with Crippen LogP contribution in [-0.4, -0.2) is 141 Å². The van der Waals surface area contributed by atoms with Crippen molar-refractivity contribution in [2.45, 2.75) is 111 Å². The lowest BCUT2D eigenvalue weighted by Gasteiger charge is -2.63. The first kappa shape index (κ1) is 51.1. The van der Waals surface area contributed by atoms with Crippen molar-refractivity contribution >= 4 is 40.6 Å². The average molecular weight is 1000 g/mol. The van der Waals surface area contributed by atoms with Crippen molar-refractivity contribution in [1.29, 1.82) is 5.26 Å². The van der Waals surface area contributed by atoms with Crippen LogP contribution in [0.3, 0.4) is 0 Å². The summed E-state index contributed by atoms with van der Waals surface area (Å²) >= 11 is 6.27. The number of aromatic nitrogens is 6. The third-order valence-electron chi connectivity index (χ3n) is 15.7. The molecule has 72 heavy (non-hydrogen) atoms. The third-order valence-corrected chi connectivity index (χ3v) is 16.0. The fourth-order valence-electron chi connectivity index (χ4n) is 11.8. The summed E-state index contributed by atoms with van der Waals surface area (Å²) in [6, 6.07) is 13.4. The number of piperazine rings is 1. The van der Waals surface area contributed by atoms with Crippen molar-refractivity contribution in [2.24, 2.45) is 16.7 Å². The van der Waals surface area contributed by atoms with Crippen LogP contribution in [0.15, 0.2) is 61.2 Å². The van der Waals surface area contributed by atoms with E-state index in [9.17, 15) is 15.2 Å². The number of nitrogens with one attached hydrogen (secondary N) is 2. The summed E-state index contributed by atoms with van der Waals surface area (Å²) < 4.78 is 14.4. The first-order valence-electron chi connectivity index (χ1n) is 26.1. The van der Waals surface area contributed by atoms with Gasteiger partial charge in [0.1, 0.15) is 41.1 Å². The molecule has 17 nitrogen and oxygen atoms in total. The van der Waals surface area contributed by atoms with Crippen LogP contribution in [0, 0.1) is 28.1 Å². The topological polar surface area (TPSA) is 185 Å². The van der Waals surface area contributed by atoms with Gasteiger partial charge in [-0.2, -0.15) is 14.9 Å². The number of halogens is 1. The van der Waals surface area contributed by atoms with E-state index in [1.54, 1.807) is 30.6 Å². The zero-order valence-electron chi connectivity index (χ0n) is 42.7. The number of anilines is 3. The number of benzene rings is 1. The van der Waals surface area contributed by atoms with E-state index < -0.39 is 0 Å². The monoisotopic (exact) mass is 1000 g/mol. The molecule has 18 heteroatoms. The van der Waals surface area contributed by atoms with E-state index in [2.05, 4.69) is 103 Å². The molecule has 1 atom stereocenters.